The largest absolute Gasteiger partial charge is 0.508 e. The number of phenols is 1. The molecule has 1 aliphatic heterocycles. The fourth-order valence-corrected chi connectivity index (χ4v) is 7.66. The van der Waals surface area contributed by atoms with Gasteiger partial charge in [0.25, 0.3) is 0 Å². The maximum absolute atomic E-state index is 14.6. The number of benzene rings is 2. The monoisotopic (exact) mass is 876 g/mol. The summed E-state index contributed by atoms with van der Waals surface area (Å²) in [6.45, 7) is 12.1. The Hall–Kier alpha value is -6.01. The van der Waals surface area contributed by atoms with Gasteiger partial charge in [-0.05, 0) is 73.3 Å². The fourth-order valence-electron chi connectivity index (χ4n) is 7.66. The number of likely N-dealkylation sites (tertiary alicyclic amines) is 1. The van der Waals surface area contributed by atoms with Gasteiger partial charge in [-0.1, -0.05) is 71.9 Å². The Morgan fingerprint density at radius 1 is 0.746 bits per heavy atom. The third-order valence-corrected chi connectivity index (χ3v) is 11.2. The van der Waals surface area contributed by atoms with Gasteiger partial charge in [0.1, 0.15) is 36.0 Å². The molecule has 11 N–H and O–H groups in total. The number of aromatic amines is 1. The lowest BCUT2D eigenvalue weighted by Crippen LogP contribution is -2.61. The second-order valence-electron chi connectivity index (χ2n) is 17.5. The summed E-state index contributed by atoms with van der Waals surface area (Å²) in [6, 6.07) is 4.95. The van der Waals surface area contributed by atoms with Crippen LogP contribution in [-0.4, -0.2) is 122 Å². The number of aromatic nitrogens is 1. The van der Waals surface area contributed by atoms with Crippen molar-refractivity contribution in [2.24, 2.45) is 23.5 Å². The summed E-state index contributed by atoms with van der Waals surface area (Å²) < 4.78 is 0. The average molecular weight is 877 g/mol. The van der Waals surface area contributed by atoms with Gasteiger partial charge >= 0.3 is 5.97 Å². The van der Waals surface area contributed by atoms with Crippen molar-refractivity contribution in [1.82, 2.24) is 36.5 Å². The van der Waals surface area contributed by atoms with Gasteiger partial charge in [-0.15, -0.1) is 0 Å². The van der Waals surface area contributed by atoms with E-state index in [-0.39, 0.29) is 43.4 Å². The fraction of sp³-hybridized carbons (Fsp3) is 0.533. The minimum atomic E-state index is -1.67. The first-order valence-corrected chi connectivity index (χ1v) is 21.5. The molecule has 0 saturated carbocycles. The number of amides is 6. The highest BCUT2D eigenvalue weighted by atomic mass is 16.4. The van der Waals surface area contributed by atoms with Crippen LogP contribution in [0.5, 0.6) is 5.75 Å². The number of carbonyl (C=O) groups excluding carboxylic acids is 6. The highest BCUT2D eigenvalue weighted by molar-refractivity contribution is 5.98. The molecular formula is C45H64N8O10. The molecule has 6 amide bonds. The maximum Gasteiger partial charge on any atom is 0.328 e. The van der Waals surface area contributed by atoms with E-state index >= 15 is 0 Å². The second kappa shape index (κ2) is 22.4. The number of rotatable bonds is 21. The molecular weight excluding hydrogens is 813 g/mol. The van der Waals surface area contributed by atoms with E-state index < -0.39 is 95.7 Å². The molecule has 2 aromatic carbocycles. The molecule has 0 radical (unpaired) electrons. The van der Waals surface area contributed by atoms with Crippen LogP contribution in [0.2, 0.25) is 0 Å². The Morgan fingerprint density at radius 2 is 1.33 bits per heavy atom. The molecule has 1 fully saturated rings. The Kier molecular flexibility index (Phi) is 17.6. The van der Waals surface area contributed by atoms with Crippen molar-refractivity contribution in [3.63, 3.8) is 0 Å². The molecule has 0 unspecified atom stereocenters. The molecule has 3 aromatic rings. The van der Waals surface area contributed by atoms with E-state index in [9.17, 15) is 48.9 Å². The quantitative estimate of drug-likeness (QED) is 0.0727. The highest BCUT2D eigenvalue weighted by Gasteiger charge is 2.41. The lowest BCUT2D eigenvalue weighted by Gasteiger charge is -2.32. The molecule has 0 spiro atoms. The SMILES string of the molecule is CC(C)C[C@@H](N)C(=O)N[C@H](C(=O)N[C@H](C(=O)N[C@@H](Cc1ccc(O)cc1)C(=O)N1CCC[C@@H]1C(=O)N[C@H](Cc1c[nH]c2ccccc12)C(=O)N[C@@H](C(=O)O)[C@@H](C)O)C(C)C)C(C)C. The van der Waals surface area contributed by atoms with Crippen LogP contribution < -0.4 is 32.3 Å². The topological polar surface area (TPSA) is 285 Å². The van der Waals surface area contributed by atoms with Gasteiger partial charge in [-0.2, -0.15) is 0 Å². The van der Waals surface area contributed by atoms with Crippen LogP contribution in [-0.2, 0) is 46.4 Å². The summed E-state index contributed by atoms with van der Waals surface area (Å²) in [4.78, 5) is 99.7. The molecule has 4 rings (SSSR count). The molecule has 2 heterocycles. The summed E-state index contributed by atoms with van der Waals surface area (Å²) in [5.74, 6) is -6.19. The number of fused-ring (bicyclic) bond motifs is 1. The van der Waals surface area contributed by atoms with E-state index in [1.54, 1.807) is 46.0 Å². The molecule has 18 nitrogen and oxygen atoms in total. The number of nitrogens with zero attached hydrogens (tertiary/aromatic N) is 1. The van der Waals surface area contributed by atoms with Crippen molar-refractivity contribution in [2.75, 3.05) is 6.54 Å². The van der Waals surface area contributed by atoms with E-state index in [1.807, 2.05) is 38.1 Å². The van der Waals surface area contributed by atoms with E-state index in [1.165, 1.54) is 24.0 Å². The number of para-hydroxylation sites is 1. The van der Waals surface area contributed by atoms with Crippen LogP contribution >= 0.6 is 0 Å². The van der Waals surface area contributed by atoms with Gasteiger partial charge in [0, 0.05) is 36.5 Å². The molecule has 1 saturated heterocycles. The molecule has 18 heteroatoms. The number of aliphatic hydroxyl groups excluding tert-OH is 1. The molecule has 63 heavy (non-hydrogen) atoms. The van der Waals surface area contributed by atoms with Gasteiger partial charge in [0.05, 0.1) is 12.1 Å². The molecule has 1 aromatic heterocycles. The molecule has 0 aliphatic carbocycles. The standard InChI is InChI=1S/C45H64N8O10/c1-23(2)19-31(46)39(56)50-37(25(5)6)43(60)51-36(24(3)4)42(59)49-34(20-27-14-16-29(55)17-15-27)44(61)53-18-10-13-35(53)41(58)48-33(40(57)52-38(26(7)54)45(62)63)21-28-22-47-32-12-9-8-11-30(28)32/h8-9,11-12,14-17,22-26,31,33-38,47,54-55H,10,13,18-21,46H2,1-7H3,(H,48,58)(H,49,59)(H,50,56)(H,51,60)(H,52,57)(H,62,63)/t26-,31-,33-,34+,35-,36+,37+,38-/m1/s1. The van der Waals surface area contributed by atoms with E-state index in [0.717, 1.165) is 10.9 Å². The summed E-state index contributed by atoms with van der Waals surface area (Å²) in [7, 11) is 0. The number of H-pyrrole nitrogens is 1. The normalized spacial score (nSPS) is 17.3. The third kappa shape index (κ3) is 13.5. The summed E-state index contributed by atoms with van der Waals surface area (Å²) >= 11 is 0. The predicted molar refractivity (Wildman–Crippen MR) is 235 cm³/mol. The lowest BCUT2D eigenvalue weighted by atomic mass is 9.97. The van der Waals surface area contributed by atoms with Crippen LogP contribution in [0, 0.1) is 17.8 Å². The number of carboxylic acid groups (broad SMARTS) is 1. The zero-order valence-corrected chi connectivity index (χ0v) is 37.0. The van der Waals surface area contributed by atoms with Crippen molar-refractivity contribution < 1.29 is 48.9 Å². The first kappa shape index (κ1) is 49.6. The smallest absolute Gasteiger partial charge is 0.328 e. The number of carboxylic acids is 1. The average Bonchev–Trinajstić information content (AvgIpc) is 3.88. The number of carbonyl (C=O) groups is 7. The first-order valence-electron chi connectivity index (χ1n) is 21.5. The number of nitrogens with two attached hydrogens (primary N) is 1. The number of nitrogens with one attached hydrogen (secondary N) is 6. The Balaban J connectivity index is 1.59. The van der Waals surface area contributed by atoms with E-state index in [4.69, 9.17) is 5.73 Å². The second-order valence-corrected chi connectivity index (χ2v) is 17.5. The summed E-state index contributed by atoms with van der Waals surface area (Å²) in [6.07, 6.45) is 1.11. The Labute approximate surface area is 367 Å². The predicted octanol–water partition coefficient (Wildman–Crippen LogP) is 1.22. The number of aliphatic hydroxyl groups is 1. The van der Waals surface area contributed by atoms with Crippen LogP contribution in [0.15, 0.2) is 54.7 Å². The van der Waals surface area contributed by atoms with Crippen molar-refractivity contribution >= 4 is 52.3 Å². The molecule has 0 bridgehead atoms. The van der Waals surface area contributed by atoms with Gasteiger partial charge in [0.15, 0.2) is 6.04 Å². The lowest BCUT2D eigenvalue weighted by molar-refractivity contribution is -0.145. The van der Waals surface area contributed by atoms with Gasteiger partial charge < -0.3 is 57.5 Å². The maximum atomic E-state index is 14.6. The highest BCUT2D eigenvalue weighted by Crippen LogP contribution is 2.23. The number of phenolic OH excluding ortho intramolecular Hbond substituents is 1. The van der Waals surface area contributed by atoms with Crippen LogP contribution in [0.3, 0.4) is 0 Å². The molecule has 8 atom stereocenters. The minimum absolute atomic E-state index is 0.0177. The minimum Gasteiger partial charge on any atom is -0.508 e. The van der Waals surface area contributed by atoms with Crippen molar-refractivity contribution in [3.05, 3.63) is 65.9 Å². The number of aliphatic carboxylic acids is 1. The van der Waals surface area contributed by atoms with Crippen LogP contribution in [0.25, 0.3) is 10.9 Å². The van der Waals surface area contributed by atoms with Gasteiger partial charge in [-0.25, -0.2) is 4.79 Å². The van der Waals surface area contributed by atoms with Crippen molar-refractivity contribution in [3.8, 4) is 5.75 Å². The first-order chi connectivity index (χ1) is 29.7. The number of aromatic hydroxyl groups is 1. The summed E-state index contributed by atoms with van der Waals surface area (Å²) in [5, 5.41) is 43.9. The Bertz CT molecular complexity index is 2080. The zero-order valence-electron chi connectivity index (χ0n) is 37.0. The van der Waals surface area contributed by atoms with Gasteiger partial charge in [0.2, 0.25) is 35.4 Å². The van der Waals surface area contributed by atoms with Crippen LogP contribution in [0.1, 0.15) is 78.9 Å². The summed E-state index contributed by atoms with van der Waals surface area (Å²) in [5.41, 5.74) is 8.08. The van der Waals surface area contributed by atoms with E-state index in [2.05, 4.69) is 31.6 Å². The number of hydrogen-bond acceptors (Lipinski definition) is 10. The zero-order chi connectivity index (χ0) is 46.7. The Morgan fingerprint density at radius 3 is 1.92 bits per heavy atom. The third-order valence-electron chi connectivity index (χ3n) is 11.2. The number of hydrogen-bond donors (Lipinski definition) is 10. The van der Waals surface area contributed by atoms with Gasteiger partial charge in [-0.3, -0.25) is 28.8 Å². The van der Waals surface area contributed by atoms with Crippen LogP contribution in [0.4, 0.5) is 0 Å². The van der Waals surface area contributed by atoms with E-state index in [0.29, 0.717) is 24.0 Å². The van der Waals surface area contributed by atoms with Crippen molar-refractivity contribution in [2.45, 2.75) is 129 Å². The van der Waals surface area contributed by atoms with Crippen molar-refractivity contribution in [1.29, 1.82) is 0 Å². The molecule has 1 aliphatic rings. The molecule has 344 valence electrons.